The zero-order valence-corrected chi connectivity index (χ0v) is 14.3. The normalized spacial score (nSPS) is 15.3. The van der Waals surface area contributed by atoms with E-state index in [1.165, 1.54) is 12.8 Å². The topological polar surface area (TPSA) is 58.1 Å². The number of nitrogens with zero attached hydrogens (tertiary/aromatic N) is 3. The van der Waals surface area contributed by atoms with Crippen molar-refractivity contribution in [1.29, 1.82) is 0 Å². The first-order valence-corrected chi connectivity index (χ1v) is 8.52. The second-order valence-corrected chi connectivity index (χ2v) is 6.57. The molecule has 1 N–H and O–H groups in total. The third kappa shape index (κ3) is 3.91. The van der Waals surface area contributed by atoms with Gasteiger partial charge in [-0.2, -0.15) is 0 Å². The SMILES string of the molecule is Cc1cnccc1C(=O)NCc1ccc(N2CCC(C)CC2)nc1. The number of rotatable bonds is 4. The van der Waals surface area contributed by atoms with Crippen LogP contribution in [0.25, 0.3) is 0 Å². The molecule has 0 saturated carbocycles. The summed E-state index contributed by atoms with van der Waals surface area (Å²) < 4.78 is 0. The number of carbonyl (C=O) groups is 1. The van der Waals surface area contributed by atoms with E-state index < -0.39 is 0 Å². The van der Waals surface area contributed by atoms with Gasteiger partial charge in [-0.05, 0) is 48.9 Å². The molecule has 0 aliphatic carbocycles. The summed E-state index contributed by atoms with van der Waals surface area (Å²) in [5.41, 5.74) is 2.55. The van der Waals surface area contributed by atoms with Crippen molar-refractivity contribution in [2.24, 2.45) is 5.92 Å². The highest BCUT2D eigenvalue weighted by Gasteiger charge is 2.16. The van der Waals surface area contributed by atoms with Gasteiger partial charge in [0.15, 0.2) is 0 Å². The molecule has 0 atom stereocenters. The number of aryl methyl sites for hydroxylation is 1. The fraction of sp³-hybridized carbons (Fsp3) is 0.421. The van der Waals surface area contributed by atoms with E-state index in [4.69, 9.17) is 0 Å². The highest BCUT2D eigenvalue weighted by molar-refractivity contribution is 5.95. The van der Waals surface area contributed by atoms with E-state index in [2.05, 4.69) is 33.2 Å². The molecular weight excluding hydrogens is 300 g/mol. The van der Waals surface area contributed by atoms with Gasteiger partial charge in [-0.25, -0.2) is 4.98 Å². The van der Waals surface area contributed by atoms with Gasteiger partial charge in [-0.3, -0.25) is 9.78 Å². The predicted octanol–water partition coefficient (Wildman–Crippen LogP) is 2.95. The molecule has 3 rings (SSSR count). The average Bonchev–Trinajstić information content (AvgIpc) is 2.61. The monoisotopic (exact) mass is 324 g/mol. The number of amides is 1. The molecule has 0 spiro atoms. The number of carbonyl (C=O) groups excluding carboxylic acids is 1. The van der Waals surface area contributed by atoms with Gasteiger partial charge >= 0.3 is 0 Å². The Balaban J connectivity index is 1.57. The van der Waals surface area contributed by atoms with E-state index in [1.807, 2.05) is 19.2 Å². The third-order valence-electron chi connectivity index (χ3n) is 4.63. The van der Waals surface area contributed by atoms with E-state index in [0.717, 1.165) is 36.0 Å². The van der Waals surface area contributed by atoms with Crippen LogP contribution in [0.3, 0.4) is 0 Å². The van der Waals surface area contributed by atoms with Crippen molar-refractivity contribution in [3.63, 3.8) is 0 Å². The van der Waals surface area contributed by atoms with E-state index in [1.54, 1.807) is 18.5 Å². The second kappa shape index (κ2) is 7.43. The van der Waals surface area contributed by atoms with Crippen LogP contribution in [-0.4, -0.2) is 29.0 Å². The molecule has 1 saturated heterocycles. The molecular formula is C19H24N4O. The van der Waals surface area contributed by atoms with Crippen molar-refractivity contribution < 1.29 is 4.79 Å². The van der Waals surface area contributed by atoms with Crippen LogP contribution >= 0.6 is 0 Å². The van der Waals surface area contributed by atoms with Crippen molar-refractivity contribution in [3.8, 4) is 0 Å². The van der Waals surface area contributed by atoms with Crippen molar-refractivity contribution in [2.45, 2.75) is 33.2 Å². The summed E-state index contributed by atoms with van der Waals surface area (Å²) in [6.45, 7) is 6.82. The number of hydrogen-bond acceptors (Lipinski definition) is 4. The van der Waals surface area contributed by atoms with Crippen LogP contribution in [0.15, 0.2) is 36.8 Å². The molecule has 1 aliphatic heterocycles. The molecule has 2 aromatic heterocycles. The molecule has 1 amide bonds. The van der Waals surface area contributed by atoms with Gasteiger partial charge in [0.1, 0.15) is 5.82 Å². The molecule has 5 nitrogen and oxygen atoms in total. The van der Waals surface area contributed by atoms with Crippen LogP contribution < -0.4 is 10.2 Å². The first-order chi connectivity index (χ1) is 11.6. The van der Waals surface area contributed by atoms with E-state index >= 15 is 0 Å². The molecule has 126 valence electrons. The zero-order valence-electron chi connectivity index (χ0n) is 14.3. The Morgan fingerprint density at radius 2 is 2.04 bits per heavy atom. The minimum atomic E-state index is -0.0796. The maximum absolute atomic E-state index is 12.2. The third-order valence-corrected chi connectivity index (χ3v) is 4.63. The lowest BCUT2D eigenvalue weighted by molar-refractivity contribution is 0.0950. The fourth-order valence-electron chi connectivity index (χ4n) is 2.95. The zero-order chi connectivity index (χ0) is 16.9. The van der Waals surface area contributed by atoms with Crippen molar-refractivity contribution >= 4 is 11.7 Å². The maximum atomic E-state index is 12.2. The van der Waals surface area contributed by atoms with Gasteiger partial charge in [0.2, 0.25) is 0 Å². The summed E-state index contributed by atoms with van der Waals surface area (Å²) in [6.07, 6.45) is 7.64. The largest absolute Gasteiger partial charge is 0.357 e. The Kier molecular flexibility index (Phi) is 5.08. The van der Waals surface area contributed by atoms with Crippen LogP contribution in [-0.2, 0) is 6.54 Å². The summed E-state index contributed by atoms with van der Waals surface area (Å²) in [5, 5.41) is 2.94. The summed E-state index contributed by atoms with van der Waals surface area (Å²) in [4.78, 5) is 23.1. The predicted molar refractivity (Wildman–Crippen MR) is 95.0 cm³/mol. The number of piperidine rings is 1. The highest BCUT2D eigenvalue weighted by Crippen LogP contribution is 2.21. The summed E-state index contributed by atoms with van der Waals surface area (Å²) in [5.74, 6) is 1.76. The van der Waals surface area contributed by atoms with Crippen molar-refractivity contribution in [2.75, 3.05) is 18.0 Å². The number of aromatic nitrogens is 2. The van der Waals surface area contributed by atoms with Crippen LogP contribution in [0.2, 0.25) is 0 Å². The van der Waals surface area contributed by atoms with E-state index in [0.29, 0.717) is 12.1 Å². The molecule has 0 unspecified atom stereocenters. The van der Waals surface area contributed by atoms with Crippen LogP contribution in [0, 0.1) is 12.8 Å². The lowest BCUT2D eigenvalue weighted by Gasteiger charge is -2.31. The van der Waals surface area contributed by atoms with Gasteiger partial charge in [-0.15, -0.1) is 0 Å². The van der Waals surface area contributed by atoms with Crippen molar-refractivity contribution in [3.05, 3.63) is 53.5 Å². The number of anilines is 1. The smallest absolute Gasteiger partial charge is 0.251 e. The van der Waals surface area contributed by atoms with Gasteiger partial charge < -0.3 is 10.2 Å². The molecule has 0 radical (unpaired) electrons. The fourth-order valence-corrected chi connectivity index (χ4v) is 2.95. The Morgan fingerprint density at radius 1 is 1.25 bits per heavy atom. The molecule has 1 aliphatic rings. The lowest BCUT2D eigenvalue weighted by atomic mass is 9.99. The summed E-state index contributed by atoms with van der Waals surface area (Å²) >= 11 is 0. The molecule has 2 aromatic rings. The minimum Gasteiger partial charge on any atom is -0.357 e. The van der Waals surface area contributed by atoms with Gasteiger partial charge in [0.25, 0.3) is 5.91 Å². The molecule has 1 fully saturated rings. The first kappa shape index (κ1) is 16.4. The second-order valence-electron chi connectivity index (χ2n) is 6.57. The molecule has 0 aromatic carbocycles. The number of pyridine rings is 2. The van der Waals surface area contributed by atoms with Crippen LogP contribution in [0.5, 0.6) is 0 Å². The quantitative estimate of drug-likeness (QED) is 0.939. The highest BCUT2D eigenvalue weighted by atomic mass is 16.1. The van der Waals surface area contributed by atoms with Crippen molar-refractivity contribution in [1.82, 2.24) is 15.3 Å². The molecule has 0 bridgehead atoms. The first-order valence-electron chi connectivity index (χ1n) is 8.52. The Labute approximate surface area is 143 Å². The Hall–Kier alpha value is -2.43. The number of nitrogens with one attached hydrogen (secondary N) is 1. The van der Waals surface area contributed by atoms with Gasteiger partial charge in [0.05, 0.1) is 0 Å². The maximum Gasteiger partial charge on any atom is 0.251 e. The van der Waals surface area contributed by atoms with E-state index in [-0.39, 0.29) is 5.91 Å². The van der Waals surface area contributed by atoms with Gasteiger partial charge in [0, 0.05) is 43.8 Å². The molecule has 3 heterocycles. The summed E-state index contributed by atoms with van der Waals surface area (Å²) in [6, 6.07) is 5.83. The average molecular weight is 324 g/mol. The Morgan fingerprint density at radius 3 is 2.71 bits per heavy atom. The van der Waals surface area contributed by atoms with Crippen LogP contribution in [0.4, 0.5) is 5.82 Å². The van der Waals surface area contributed by atoms with Gasteiger partial charge in [-0.1, -0.05) is 13.0 Å². The van der Waals surface area contributed by atoms with Crippen LogP contribution in [0.1, 0.15) is 41.3 Å². The minimum absolute atomic E-state index is 0.0796. The Bertz CT molecular complexity index is 691. The lowest BCUT2D eigenvalue weighted by Crippen LogP contribution is -2.33. The number of hydrogen-bond donors (Lipinski definition) is 1. The summed E-state index contributed by atoms with van der Waals surface area (Å²) in [7, 11) is 0. The standard InChI is InChI=1S/C19H24N4O/c1-14-6-9-23(10-7-14)18-4-3-16(12-21-18)13-22-19(24)17-5-8-20-11-15(17)2/h3-5,8,11-12,14H,6-7,9-10,13H2,1-2H3,(H,22,24). The molecule has 24 heavy (non-hydrogen) atoms. The van der Waals surface area contributed by atoms with E-state index in [9.17, 15) is 4.79 Å². The molecule has 5 heteroatoms.